The molecule has 6 heteroatoms. The molecule has 1 aromatic heterocycles. The van der Waals surface area contributed by atoms with E-state index in [1.807, 2.05) is 51.2 Å². The fourth-order valence-electron chi connectivity index (χ4n) is 4.45. The van der Waals surface area contributed by atoms with Crippen LogP contribution in [-0.2, 0) is 11.2 Å². The lowest BCUT2D eigenvalue weighted by atomic mass is 9.94. The van der Waals surface area contributed by atoms with Gasteiger partial charge in [-0.1, -0.05) is 12.1 Å². The van der Waals surface area contributed by atoms with Gasteiger partial charge in [0.2, 0.25) is 5.88 Å². The maximum atomic E-state index is 12.4. The van der Waals surface area contributed by atoms with E-state index in [0.717, 1.165) is 62.0 Å². The molecular weight excluding hydrogens is 431 g/mol. The molecule has 2 aliphatic rings. The van der Waals surface area contributed by atoms with Crippen LogP contribution in [0, 0.1) is 5.41 Å². The number of carbonyl (C=O) groups is 1. The molecule has 1 fully saturated rings. The Bertz CT molecular complexity index is 1030. The average Bonchev–Trinajstić information content (AvgIpc) is 3.14. The first-order valence-corrected chi connectivity index (χ1v) is 12.3. The summed E-state index contributed by atoms with van der Waals surface area (Å²) in [6, 6.07) is 9.92. The molecule has 1 saturated heterocycles. The first kappa shape index (κ1) is 24.4. The zero-order chi connectivity index (χ0) is 24.1. The van der Waals surface area contributed by atoms with Gasteiger partial charge in [-0.15, -0.1) is 0 Å². The number of rotatable bonds is 7. The summed E-state index contributed by atoms with van der Waals surface area (Å²) < 4.78 is 24.1. The molecule has 34 heavy (non-hydrogen) atoms. The Hall–Kier alpha value is -2.73. The fraction of sp³-hybridized carbons (Fsp3) is 0.500. The highest BCUT2D eigenvalue weighted by molar-refractivity contribution is 5.82. The van der Waals surface area contributed by atoms with Gasteiger partial charge < -0.3 is 9.47 Å². The lowest BCUT2D eigenvalue weighted by Gasteiger charge is -2.18. The van der Waals surface area contributed by atoms with Crippen LogP contribution < -0.4 is 9.47 Å². The molecule has 2 aromatic rings. The minimum Gasteiger partial charge on any atom is -0.473 e. The first-order valence-electron chi connectivity index (χ1n) is 12.3. The molecule has 0 radical (unpaired) electrons. The number of pyridine rings is 1. The van der Waals surface area contributed by atoms with Crippen LogP contribution in [0.3, 0.4) is 0 Å². The maximum Gasteiger partial charge on any atom is 0.316 e. The highest BCUT2D eigenvalue weighted by Crippen LogP contribution is 2.34. The number of aromatic nitrogens is 1. The molecule has 1 aliphatic heterocycles. The number of hydrogen-bond donors (Lipinski definition) is 0. The Morgan fingerprint density at radius 3 is 2.82 bits per heavy atom. The van der Waals surface area contributed by atoms with Gasteiger partial charge in [0.25, 0.3) is 0 Å². The topological polar surface area (TPSA) is 51.7 Å². The molecule has 4 rings (SSSR count). The summed E-state index contributed by atoms with van der Waals surface area (Å²) in [7, 11) is 0. The van der Waals surface area contributed by atoms with E-state index >= 15 is 0 Å². The predicted octanol–water partition coefficient (Wildman–Crippen LogP) is 5.61. The number of halogens is 1. The Labute approximate surface area is 202 Å². The first-order chi connectivity index (χ1) is 16.3. The van der Waals surface area contributed by atoms with Crippen molar-refractivity contribution in [3.05, 3.63) is 59.3 Å². The summed E-state index contributed by atoms with van der Waals surface area (Å²) in [4.78, 5) is 19.1. The van der Waals surface area contributed by atoms with E-state index in [-0.39, 0.29) is 18.7 Å². The molecule has 0 spiro atoms. The van der Waals surface area contributed by atoms with Crippen molar-refractivity contribution in [1.29, 1.82) is 0 Å². The second kappa shape index (κ2) is 10.7. The largest absolute Gasteiger partial charge is 0.473 e. The lowest BCUT2D eigenvalue weighted by molar-refractivity contribution is -0.143. The molecule has 182 valence electrons. The molecule has 1 aromatic carbocycles. The van der Waals surface area contributed by atoms with E-state index in [0.29, 0.717) is 18.1 Å². The zero-order valence-electron chi connectivity index (χ0n) is 20.5. The van der Waals surface area contributed by atoms with Crippen LogP contribution in [0.15, 0.2) is 42.6 Å². The maximum absolute atomic E-state index is 12.4. The molecule has 1 aliphatic carbocycles. The molecule has 1 atom stereocenters. The van der Waals surface area contributed by atoms with Gasteiger partial charge in [-0.2, -0.15) is 0 Å². The van der Waals surface area contributed by atoms with Crippen LogP contribution >= 0.6 is 0 Å². The van der Waals surface area contributed by atoms with E-state index in [1.165, 1.54) is 5.56 Å². The van der Waals surface area contributed by atoms with Gasteiger partial charge in [0.15, 0.2) is 0 Å². The number of esters is 1. The fourth-order valence-corrected chi connectivity index (χ4v) is 4.45. The third kappa shape index (κ3) is 6.03. The van der Waals surface area contributed by atoms with E-state index in [4.69, 9.17) is 9.47 Å². The van der Waals surface area contributed by atoms with E-state index in [1.54, 1.807) is 0 Å². The van der Waals surface area contributed by atoms with Gasteiger partial charge >= 0.3 is 5.97 Å². The summed E-state index contributed by atoms with van der Waals surface area (Å²) in [5, 5.41) is 0. The number of fused-ring (bicyclic) bond motifs is 1. The van der Waals surface area contributed by atoms with Crippen molar-refractivity contribution < 1.29 is 18.7 Å². The van der Waals surface area contributed by atoms with Gasteiger partial charge in [-0.25, -0.2) is 4.98 Å². The van der Waals surface area contributed by atoms with Crippen LogP contribution in [0.4, 0.5) is 4.39 Å². The monoisotopic (exact) mass is 466 g/mol. The third-order valence-corrected chi connectivity index (χ3v) is 6.36. The van der Waals surface area contributed by atoms with Crippen molar-refractivity contribution in [3.63, 3.8) is 0 Å². The van der Waals surface area contributed by atoms with E-state index in [2.05, 4.69) is 22.0 Å². The highest BCUT2D eigenvalue weighted by atomic mass is 19.1. The van der Waals surface area contributed by atoms with E-state index < -0.39 is 5.41 Å². The van der Waals surface area contributed by atoms with Gasteiger partial charge in [0.05, 0.1) is 12.1 Å². The number of likely N-dealkylation sites (tertiary alicyclic amines) is 1. The number of nitrogens with zero attached hydrogens (tertiary/aromatic N) is 2. The second-order valence-corrected chi connectivity index (χ2v) is 10.2. The number of benzene rings is 1. The quantitative estimate of drug-likeness (QED) is 0.392. The number of carbonyl (C=O) groups excluding carboxylic acids is 1. The van der Waals surface area contributed by atoms with Crippen LogP contribution in [0.25, 0.3) is 5.57 Å². The normalized spacial score (nSPS) is 18.7. The van der Waals surface area contributed by atoms with Crippen LogP contribution in [0.2, 0.25) is 0 Å². The SMILES string of the molecule is CC(C)(C)C(=O)Oc1ccc2c(c1)CCCC=C2c1ccc(OC2CCN(CCCF)C2)nc1. The third-order valence-electron chi connectivity index (χ3n) is 6.36. The lowest BCUT2D eigenvalue weighted by Crippen LogP contribution is -2.26. The van der Waals surface area contributed by atoms with Crippen molar-refractivity contribution in [2.75, 3.05) is 26.3 Å². The molecular formula is C28H35FN2O3. The molecule has 0 saturated carbocycles. The minimum atomic E-state index is -0.543. The Morgan fingerprint density at radius 1 is 1.24 bits per heavy atom. The van der Waals surface area contributed by atoms with Crippen molar-refractivity contribution in [2.24, 2.45) is 5.41 Å². The highest BCUT2D eigenvalue weighted by Gasteiger charge is 2.25. The van der Waals surface area contributed by atoms with Crippen LogP contribution in [0.5, 0.6) is 11.6 Å². The Kier molecular flexibility index (Phi) is 7.67. The Balaban J connectivity index is 1.45. The minimum absolute atomic E-state index is 0.102. The van der Waals surface area contributed by atoms with Crippen molar-refractivity contribution in [1.82, 2.24) is 9.88 Å². The summed E-state index contributed by atoms with van der Waals surface area (Å²) >= 11 is 0. The number of allylic oxidation sites excluding steroid dienone is 1. The Morgan fingerprint density at radius 2 is 2.09 bits per heavy atom. The molecule has 2 heterocycles. The molecule has 0 N–H and O–H groups in total. The number of hydrogen-bond acceptors (Lipinski definition) is 5. The van der Waals surface area contributed by atoms with E-state index in [9.17, 15) is 9.18 Å². The smallest absolute Gasteiger partial charge is 0.316 e. The zero-order valence-corrected chi connectivity index (χ0v) is 20.5. The van der Waals surface area contributed by atoms with Crippen LogP contribution in [0.1, 0.15) is 63.1 Å². The van der Waals surface area contributed by atoms with Gasteiger partial charge in [-0.05, 0) is 87.8 Å². The van der Waals surface area contributed by atoms with Crippen molar-refractivity contribution in [2.45, 2.75) is 59.0 Å². The summed E-state index contributed by atoms with van der Waals surface area (Å²) in [5.41, 5.74) is 3.99. The van der Waals surface area contributed by atoms with Crippen molar-refractivity contribution >= 4 is 11.5 Å². The summed E-state index contributed by atoms with van der Waals surface area (Å²) in [5.74, 6) is 0.989. The van der Waals surface area contributed by atoms with Gasteiger partial charge in [0, 0.05) is 37.5 Å². The molecule has 0 amide bonds. The van der Waals surface area contributed by atoms with Crippen molar-refractivity contribution in [3.8, 4) is 11.6 Å². The second-order valence-electron chi connectivity index (χ2n) is 10.2. The van der Waals surface area contributed by atoms with Gasteiger partial charge in [0.1, 0.15) is 11.9 Å². The molecule has 5 nitrogen and oxygen atoms in total. The summed E-state index contributed by atoms with van der Waals surface area (Å²) in [6.07, 6.45) is 8.73. The average molecular weight is 467 g/mol. The standard InChI is InChI=1S/C28H35FN2O3/c1-28(2,3)27(32)34-22-10-11-25-20(17-22)7-4-5-8-24(25)21-9-12-26(30-18-21)33-23-13-16-31(19-23)15-6-14-29/h8-12,17-18,23H,4-7,13-16,19H2,1-3H3. The molecule has 0 bridgehead atoms. The number of ether oxygens (including phenoxy) is 2. The predicted molar refractivity (Wildman–Crippen MR) is 132 cm³/mol. The number of aryl methyl sites for hydroxylation is 1. The van der Waals surface area contributed by atoms with Crippen LogP contribution in [-0.4, -0.2) is 48.3 Å². The van der Waals surface area contributed by atoms with Gasteiger partial charge in [-0.3, -0.25) is 14.1 Å². The number of alkyl halides is 1. The molecule has 1 unspecified atom stereocenters. The summed E-state index contributed by atoms with van der Waals surface area (Å²) in [6.45, 7) is 7.85.